The van der Waals surface area contributed by atoms with Crippen LogP contribution in [0.15, 0.2) is 0 Å². The van der Waals surface area contributed by atoms with Gasteiger partial charge in [-0.2, -0.15) is 0 Å². The number of rotatable bonds is 2. The monoisotopic (exact) mass is 210 g/mol. The topological polar surface area (TPSA) is 15.3 Å². The second kappa shape index (κ2) is 4.42. The molecule has 2 heteroatoms. The Morgan fingerprint density at radius 1 is 1.20 bits per heavy atom. The van der Waals surface area contributed by atoms with E-state index in [0.29, 0.717) is 5.41 Å². The molecule has 1 N–H and O–H groups in total. The lowest BCUT2D eigenvalue weighted by molar-refractivity contribution is 0.0702. The molecule has 2 rings (SSSR count). The van der Waals surface area contributed by atoms with Crippen LogP contribution in [0.1, 0.15) is 46.0 Å². The summed E-state index contributed by atoms with van der Waals surface area (Å²) in [5.41, 5.74) is 0.541. The number of likely N-dealkylation sites (N-methyl/N-ethyl adjacent to an activating group) is 1. The van der Waals surface area contributed by atoms with Gasteiger partial charge < -0.3 is 5.32 Å². The molecule has 2 unspecified atom stereocenters. The van der Waals surface area contributed by atoms with Gasteiger partial charge in [-0.3, -0.25) is 4.90 Å². The van der Waals surface area contributed by atoms with Crippen LogP contribution in [0.25, 0.3) is 0 Å². The minimum Gasteiger partial charge on any atom is -0.315 e. The van der Waals surface area contributed by atoms with Crippen molar-refractivity contribution >= 4 is 0 Å². The van der Waals surface area contributed by atoms with E-state index in [9.17, 15) is 0 Å². The standard InChI is InChI=1S/C13H26N2/c1-13(2)8-5-9-15(10-13)12-7-4-6-11(12)14-3/h11-12,14H,4-10H2,1-3H3. The van der Waals surface area contributed by atoms with Crippen LogP contribution in [0.2, 0.25) is 0 Å². The van der Waals surface area contributed by atoms with Crippen LogP contribution >= 0.6 is 0 Å². The first-order valence-electron chi connectivity index (χ1n) is 6.54. The zero-order valence-electron chi connectivity index (χ0n) is 10.6. The predicted octanol–water partition coefficient (Wildman–Crippen LogP) is 2.25. The van der Waals surface area contributed by atoms with Gasteiger partial charge in [0.1, 0.15) is 0 Å². The van der Waals surface area contributed by atoms with Crippen LogP contribution in [0.3, 0.4) is 0 Å². The van der Waals surface area contributed by atoms with E-state index in [0.717, 1.165) is 12.1 Å². The van der Waals surface area contributed by atoms with Gasteiger partial charge in [-0.25, -0.2) is 0 Å². The van der Waals surface area contributed by atoms with Crippen molar-refractivity contribution in [1.29, 1.82) is 0 Å². The highest BCUT2D eigenvalue weighted by atomic mass is 15.2. The van der Waals surface area contributed by atoms with Crippen molar-refractivity contribution < 1.29 is 0 Å². The Labute approximate surface area is 94.4 Å². The lowest BCUT2D eigenvalue weighted by Crippen LogP contribution is -2.51. The van der Waals surface area contributed by atoms with Crippen molar-refractivity contribution in [1.82, 2.24) is 10.2 Å². The Kier molecular flexibility index (Phi) is 3.36. The molecule has 0 spiro atoms. The van der Waals surface area contributed by atoms with Crippen molar-refractivity contribution in [2.75, 3.05) is 20.1 Å². The zero-order chi connectivity index (χ0) is 10.9. The second-order valence-electron chi connectivity index (χ2n) is 6.13. The first-order chi connectivity index (χ1) is 7.12. The summed E-state index contributed by atoms with van der Waals surface area (Å²) >= 11 is 0. The molecule has 2 nitrogen and oxygen atoms in total. The minimum atomic E-state index is 0.541. The molecule has 1 aliphatic carbocycles. The maximum Gasteiger partial charge on any atom is 0.0249 e. The molecule has 1 heterocycles. The van der Waals surface area contributed by atoms with Gasteiger partial charge in [0.2, 0.25) is 0 Å². The van der Waals surface area contributed by atoms with E-state index in [1.807, 2.05) is 0 Å². The number of likely N-dealkylation sites (tertiary alicyclic amines) is 1. The Balaban J connectivity index is 1.97. The number of hydrogen-bond acceptors (Lipinski definition) is 2. The van der Waals surface area contributed by atoms with Gasteiger partial charge in [-0.1, -0.05) is 20.3 Å². The second-order valence-corrected chi connectivity index (χ2v) is 6.13. The molecule has 0 aromatic heterocycles. The summed E-state index contributed by atoms with van der Waals surface area (Å²) < 4.78 is 0. The first-order valence-corrected chi connectivity index (χ1v) is 6.54. The Bertz CT molecular complexity index is 213. The molecule has 88 valence electrons. The van der Waals surface area contributed by atoms with Gasteiger partial charge in [0.25, 0.3) is 0 Å². The summed E-state index contributed by atoms with van der Waals surface area (Å²) in [7, 11) is 2.12. The molecule has 0 radical (unpaired) electrons. The van der Waals surface area contributed by atoms with E-state index in [4.69, 9.17) is 0 Å². The van der Waals surface area contributed by atoms with E-state index in [1.54, 1.807) is 0 Å². The molecule has 2 fully saturated rings. The van der Waals surface area contributed by atoms with Gasteiger partial charge in [0.15, 0.2) is 0 Å². The summed E-state index contributed by atoms with van der Waals surface area (Å²) in [6, 6.07) is 1.56. The maximum atomic E-state index is 3.50. The summed E-state index contributed by atoms with van der Waals surface area (Å²) in [6.45, 7) is 7.47. The molecule has 2 aliphatic rings. The van der Waals surface area contributed by atoms with Gasteiger partial charge in [-0.15, -0.1) is 0 Å². The fourth-order valence-corrected chi connectivity index (χ4v) is 3.47. The van der Waals surface area contributed by atoms with Crippen LogP contribution in [0, 0.1) is 5.41 Å². The van der Waals surface area contributed by atoms with Gasteiger partial charge >= 0.3 is 0 Å². The van der Waals surface area contributed by atoms with Gasteiger partial charge in [0.05, 0.1) is 0 Å². The minimum absolute atomic E-state index is 0.541. The molecule has 0 bridgehead atoms. The molecule has 0 aromatic rings. The number of nitrogens with zero attached hydrogens (tertiary/aromatic N) is 1. The van der Waals surface area contributed by atoms with E-state index < -0.39 is 0 Å². The number of piperidine rings is 1. The Morgan fingerprint density at radius 2 is 2.00 bits per heavy atom. The first kappa shape index (κ1) is 11.4. The highest BCUT2D eigenvalue weighted by molar-refractivity contribution is 4.93. The van der Waals surface area contributed by atoms with Crippen LogP contribution in [-0.2, 0) is 0 Å². The summed E-state index contributed by atoms with van der Waals surface area (Å²) in [5.74, 6) is 0. The normalized spacial score (nSPS) is 37.0. The third kappa shape index (κ3) is 2.54. The summed E-state index contributed by atoms with van der Waals surface area (Å²) in [6.07, 6.45) is 6.98. The van der Waals surface area contributed by atoms with Gasteiger partial charge in [-0.05, 0) is 44.7 Å². The van der Waals surface area contributed by atoms with Crippen LogP contribution in [0.5, 0.6) is 0 Å². The van der Waals surface area contributed by atoms with Crippen LogP contribution < -0.4 is 5.32 Å². The van der Waals surface area contributed by atoms with E-state index in [-0.39, 0.29) is 0 Å². The van der Waals surface area contributed by atoms with Crippen molar-refractivity contribution in [3.05, 3.63) is 0 Å². The van der Waals surface area contributed by atoms with E-state index in [1.165, 1.54) is 45.2 Å². The van der Waals surface area contributed by atoms with E-state index in [2.05, 4.69) is 31.1 Å². The predicted molar refractivity (Wildman–Crippen MR) is 65.1 cm³/mol. The molecule has 0 aromatic carbocycles. The quantitative estimate of drug-likeness (QED) is 0.752. The highest BCUT2D eigenvalue weighted by Gasteiger charge is 2.35. The summed E-state index contributed by atoms with van der Waals surface area (Å²) in [5, 5.41) is 3.50. The van der Waals surface area contributed by atoms with Crippen molar-refractivity contribution in [3.63, 3.8) is 0 Å². The molecule has 0 amide bonds. The highest BCUT2D eigenvalue weighted by Crippen LogP contribution is 2.33. The Hall–Kier alpha value is -0.0800. The number of hydrogen-bond donors (Lipinski definition) is 1. The molecule has 1 aliphatic heterocycles. The lowest BCUT2D eigenvalue weighted by Gasteiger charge is -2.43. The number of nitrogens with one attached hydrogen (secondary N) is 1. The molecule has 2 atom stereocenters. The molecule has 1 saturated carbocycles. The van der Waals surface area contributed by atoms with Crippen molar-refractivity contribution in [2.24, 2.45) is 5.41 Å². The molecular weight excluding hydrogens is 184 g/mol. The fraction of sp³-hybridized carbons (Fsp3) is 1.00. The molecule has 15 heavy (non-hydrogen) atoms. The molecular formula is C13H26N2. The van der Waals surface area contributed by atoms with E-state index >= 15 is 0 Å². The Morgan fingerprint density at radius 3 is 2.67 bits per heavy atom. The third-order valence-corrected chi connectivity index (χ3v) is 4.25. The lowest BCUT2D eigenvalue weighted by atomic mass is 9.83. The smallest absolute Gasteiger partial charge is 0.0249 e. The SMILES string of the molecule is CNC1CCCC1N1CCCC(C)(C)C1. The van der Waals surface area contributed by atoms with Crippen LogP contribution in [0.4, 0.5) is 0 Å². The summed E-state index contributed by atoms with van der Waals surface area (Å²) in [4.78, 5) is 2.75. The largest absolute Gasteiger partial charge is 0.315 e. The van der Waals surface area contributed by atoms with Crippen LogP contribution in [-0.4, -0.2) is 37.1 Å². The van der Waals surface area contributed by atoms with Gasteiger partial charge in [0, 0.05) is 18.6 Å². The maximum absolute atomic E-state index is 3.50. The van der Waals surface area contributed by atoms with Crippen molar-refractivity contribution in [3.8, 4) is 0 Å². The zero-order valence-corrected chi connectivity index (χ0v) is 10.6. The average molecular weight is 210 g/mol. The van der Waals surface area contributed by atoms with Crippen molar-refractivity contribution in [2.45, 2.75) is 58.0 Å². The average Bonchev–Trinajstić information content (AvgIpc) is 2.63. The fourth-order valence-electron chi connectivity index (χ4n) is 3.47. The third-order valence-electron chi connectivity index (χ3n) is 4.25. The molecule has 1 saturated heterocycles.